The van der Waals surface area contributed by atoms with E-state index in [4.69, 9.17) is 0 Å². The highest BCUT2D eigenvalue weighted by Gasteiger charge is 2.25. The molecule has 0 aromatic heterocycles. The largest absolute Gasteiger partial charge is 0.259 e. The zero-order valence-electron chi connectivity index (χ0n) is 7.45. The number of allylic oxidation sites excluding steroid dienone is 2. The minimum atomic E-state index is -0.226. The van der Waals surface area contributed by atoms with Crippen LogP contribution in [0, 0.1) is 16.0 Å². The van der Waals surface area contributed by atoms with Gasteiger partial charge in [0, 0.05) is 5.92 Å². The molecule has 1 saturated carbocycles. The van der Waals surface area contributed by atoms with Gasteiger partial charge in [0.2, 0.25) is 5.70 Å². The lowest BCUT2D eigenvalue weighted by Crippen LogP contribution is -2.14. The van der Waals surface area contributed by atoms with Crippen molar-refractivity contribution < 1.29 is 4.92 Å². The Morgan fingerprint density at radius 3 is 2.42 bits per heavy atom. The second-order valence-corrected chi connectivity index (χ2v) is 3.31. The molecule has 0 radical (unpaired) electrons. The van der Waals surface area contributed by atoms with Gasteiger partial charge in [-0.05, 0) is 25.8 Å². The minimum absolute atomic E-state index is 0.221. The summed E-state index contributed by atoms with van der Waals surface area (Å²) >= 11 is 0. The van der Waals surface area contributed by atoms with Crippen LogP contribution >= 0.6 is 0 Å². The van der Waals surface area contributed by atoms with Gasteiger partial charge in [-0.25, -0.2) is 0 Å². The average Bonchev–Trinajstić information content (AvgIpc) is 2.07. The summed E-state index contributed by atoms with van der Waals surface area (Å²) in [4.78, 5) is 10.3. The van der Waals surface area contributed by atoms with E-state index in [-0.39, 0.29) is 10.8 Å². The summed E-state index contributed by atoms with van der Waals surface area (Å²) in [6.07, 6.45) is 7.19. The molecule has 1 aliphatic carbocycles. The van der Waals surface area contributed by atoms with Crippen LogP contribution in [0.15, 0.2) is 11.8 Å². The molecule has 0 saturated heterocycles. The number of hydrogen-bond donors (Lipinski definition) is 0. The number of hydrogen-bond acceptors (Lipinski definition) is 2. The fourth-order valence-electron chi connectivity index (χ4n) is 1.89. The van der Waals surface area contributed by atoms with Crippen LogP contribution in [-0.2, 0) is 0 Å². The molecular weight excluding hydrogens is 154 g/mol. The Kier molecular flexibility index (Phi) is 3.26. The van der Waals surface area contributed by atoms with E-state index in [0.717, 1.165) is 25.7 Å². The first-order valence-corrected chi connectivity index (χ1v) is 4.56. The molecular formula is C9H15NO2. The molecule has 1 fully saturated rings. The zero-order valence-corrected chi connectivity index (χ0v) is 7.45. The molecule has 0 aliphatic heterocycles. The van der Waals surface area contributed by atoms with Crippen LogP contribution < -0.4 is 0 Å². The predicted molar refractivity (Wildman–Crippen MR) is 47.3 cm³/mol. The molecule has 12 heavy (non-hydrogen) atoms. The zero-order chi connectivity index (χ0) is 8.97. The normalized spacial score (nSPS) is 20.9. The van der Waals surface area contributed by atoms with Gasteiger partial charge >= 0.3 is 0 Å². The van der Waals surface area contributed by atoms with E-state index in [0.29, 0.717) is 5.70 Å². The summed E-state index contributed by atoms with van der Waals surface area (Å²) in [5, 5.41) is 10.6. The fraction of sp³-hybridized carbons (Fsp3) is 0.778. The highest BCUT2D eigenvalue weighted by Crippen LogP contribution is 2.29. The van der Waals surface area contributed by atoms with E-state index in [1.54, 1.807) is 13.0 Å². The second-order valence-electron chi connectivity index (χ2n) is 3.31. The van der Waals surface area contributed by atoms with Gasteiger partial charge in [-0.15, -0.1) is 0 Å². The Hall–Kier alpha value is -0.860. The second kappa shape index (κ2) is 4.24. The van der Waals surface area contributed by atoms with Crippen molar-refractivity contribution >= 4 is 0 Å². The summed E-state index contributed by atoms with van der Waals surface area (Å²) in [7, 11) is 0. The van der Waals surface area contributed by atoms with Crippen LogP contribution in [0.5, 0.6) is 0 Å². The van der Waals surface area contributed by atoms with E-state index in [2.05, 4.69) is 0 Å². The number of nitro groups is 1. The van der Waals surface area contributed by atoms with Gasteiger partial charge in [0.15, 0.2) is 0 Å². The standard InChI is InChI=1S/C9H15NO2/c1-2-9(10(11)12)8-6-4-3-5-7-8/h2,8H,3-7H2,1H3. The molecule has 0 bridgehead atoms. The molecule has 1 aliphatic rings. The first kappa shape index (κ1) is 9.23. The molecule has 0 N–H and O–H groups in total. The Labute approximate surface area is 72.6 Å². The van der Waals surface area contributed by atoms with Crippen molar-refractivity contribution in [2.24, 2.45) is 5.92 Å². The maximum Gasteiger partial charge on any atom is 0.245 e. The summed E-state index contributed by atoms with van der Waals surface area (Å²) in [5.41, 5.74) is 0.426. The quantitative estimate of drug-likeness (QED) is 0.471. The highest BCUT2D eigenvalue weighted by atomic mass is 16.6. The van der Waals surface area contributed by atoms with Crippen molar-refractivity contribution in [1.29, 1.82) is 0 Å². The third-order valence-electron chi connectivity index (χ3n) is 2.53. The van der Waals surface area contributed by atoms with Crippen molar-refractivity contribution in [3.05, 3.63) is 21.9 Å². The lowest BCUT2D eigenvalue weighted by Gasteiger charge is -2.18. The van der Waals surface area contributed by atoms with Crippen molar-refractivity contribution in [2.45, 2.75) is 39.0 Å². The van der Waals surface area contributed by atoms with Crippen LogP contribution in [0.2, 0.25) is 0 Å². The monoisotopic (exact) mass is 169 g/mol. The minimum Gasteiger partial charge on any atom is -0.259 e. The lowest BCUT2D eigenvalue weighted by molar-refractivity contribution is -0.434. The van der Waals surface area contributed by atoms with E-state index < -0.39 is 0 Å². The molecule has 0 aromatic carbocycles. The van der Waals surface area contributed by atoms with Crippen LogP contribution in [-0.4, -0.2) is 4.92 Å². The SMILES string of the molecule is CC=C(C1CCCCC1)[N+](=O)[O-]. The molecule has 1 rings (SSSR count). The highest BCUT2D eigenvalue weighted by molar-refractivity contribution is 4.96. The molecule has 0 spiro atoms. The predicted octanol–water partition coefficient (Wildman–Crippen LogP) is 2.75. The first-order valence-electron chi connectivity index (χ1n) is 4.56. The summed E-state index contributed by atoms with van der Waals surface area (Å²) in [6.45, 7) is 1.76. The number of rotatable bonds is 2. The molecule has 3 heteroatoms. The van der Waals surface area contributed by atoms with Gasteiger partial charge in [0.05, 0.1) is 4.92 Å². The summed E-state index contributed by atoms with van der Waals surface area (Å²) in [5.74, 6) is 0.221. The van der Waals surface area contributed by atoms with Gasteiger partial charge in [0.25, 0.3) is 0 Å². The van der Waals surface area contributed by atoms with Crippen molar-refractivity contribution in [1.82, 2.24) is 0 Å². The molecule has 0 atom stereocenters. The Morgan fingerprint density at radius 1 is 1.42 bits per heavy atom. The Balaban J connectivity index is 2.59. The van der Waals surface area contributed by atoms with E-state index in [1.165, 1.54) is 6.42 Å². The smallest absolute Gasteiger partial charge is 0.245 e. The molecule has 0 amide bonds. The molecule has 0 aromatic rings. The van der Waals surface area contributed by atoms with E-state index >= 15 is 0 Å². The van der Waals surface area contributed by atoms with Crippen molar-refractivity contribution in [2.75, 3.05) is 0 Å². The Morgan fingerprint density at radius 2 is 2.00 bits per heavy atom. The molecule has 3 nitrogen and oxygen atoms in total. The molecule has 0 unspecified atom stereocenters. The van der Waals surface area contributed by atoms with Crippen LogP contribution in [0.4, 0.5) is 0 Å². The lowest BCUT2D eigenvalue weighted by atomic mass is 9.87. The van der Waals surface area contributed by atoms with Gasteiger partial charge < -0.3 is 0 Å². The molecule has 0 heterocycles. The third kappa shape index (κ3) is 2.06. The van der Waals surface area contributed by atoms with Crippen LogP contribution in [0.3, 0.4) is 0 Å². The summed E-state index contributed by atoms with van der Waals surface area (Å²) < 4.78 is 0. The first-order chi connectivity index (χ1) is 5.75. The van der Waals surface area contributed by atoms with Gasteiger partial charge in [-0.3, -0.25) is 10.1 Å². The average molecular weight is 169 g/mol. The van der Waals surface area contributed by atoms with Gasteiger partial charge in [-0.2, -0.15) is 0 Å². The van der Waals surface area contributed by atoms with Crippen molar-refractivity contribution in [3.8, 4) is 0 Å². The third-order valence-corrected chi connectivity index (χ3v) is 2.53. The topological polar surface area (TPSA) is 43.1 Å². The van der Waals surface area contributed by atoms with E-state index in [1.807, 2.05) is 0 Å². The van der Waals surface area contributed by atoms with Crippen molar-refractivity contribution in [3.63, 3.8) is 0 Å². The van der Waals surface area contributed by atoms with Crippen LogP contribution in [0.1, 0.15) is 39.0 Å². The number of nitrogens with zero attached hydrogens (tertiary/aromatic N) is 1. The van der Waals surface area contributed by atoms with Gasteiger partial charge in [-0.1, -0.05) is 19.3 Å². The summed E-state index contributed by atoms with van der Waals surface area (Å²) in [6, 6.07) is 0. The maximum atomic E-state index is 10.6. The van der Waals surface area contributed by atoms with Crippen LogP contribution in [0.25, 0.3) is 0 Å². The fourth-order valence-corrected chi connectivity index (χ4v) is 1.89. The van der Waals surface area contributed by atoms with E-state index in [9.17, 15) is 10.1 Å². The Bertz CT molecular complexity index is 193. The molecule has 68 valence electrons. The van der Waals surface area contributed by atoms with Gasteiger partial charge in [0.1, 0.15) is 0 Å². The maximum absolute atomic E-state index is 10.6.